The molecule has 2 amide bonds. The van der Waals surface area contributed by atoms with Crippen LogP contribution in [-0.2, 0) is 0 Å². The van der Waals surface area contributed by atoms with Crippen LogP contribution in [0, 0.1) is 0 Å². The second-order valence-electron chi connectivity index (χ2n) is 1.47. The molecule has 1 heterocycles. The Morgan fingerprint density at radius 1 is 0.857 bits per heavy atom. The maximum Gasteiger partial charge on any atom is 0.402 e. The molecule has 9 nitrogen and oxygen atoms in total. The van der Waals surface area contributed by atoms with Crippen molar-refractivity contribution in [2.24, 2.45) is 11.5 Å². The van der Waals surface area contributed by atoms with E-state index in [0.717, 1.165) is 0 Å². The van der Waals surface area contributed by atoms with Gasteiger partial charge in [-0.15, -0.1) is 0 Å². The molecule has 0 aliphatic rings. The number of carbonyl (C=O) groups is 2. The molecule has 9 heteroatoms. The molecular formula is C5H9N5O4. The van der Waals surface area contributed by atoms with Gasteiger partial charge >= 0.3 is 12.2 Å². The first kappa shape index (κ1) is 14.1. The van der Waals surface area contributed by atoms with Crippen LogP contribution in [0.2, 0.25) is 0 Å². The topological polar surface area (TPSA) is 165 Å². The number of hydrogen-bond donors (Lipinski definition) is 4. The lowest BCUT2D eigenvalue weighted by Gasteiger charge is -1.69. The minimum atomic E-state index is -1.33. The van der Waals surface area contributed by atoms with E-state index in [2.05, 4.69) is 26.4 Å². The van der Waals surface area contributed by atoms with Crippen molar-refractivity contribution in [1.82, 2.24) is 15.0 Å². The normalized spacial score (nSPS) is 6.86. The lowest BCUT2D eigenvalue weighted by molar-refractivity contribution is 0.204. The van der Waals surface area contributed by atoms with Gasteiger partial charge in [0.25, 0.3) is 0 Å². The van der Waals surface area contributed by atoms with E-state index in [0.29, 0.717) is 0 Å². The van der Waals surface area contributed by atoms with E-state index >= 15 is 0 Å². The largest absolute Gasteiger partial charge is 0.465 e. The number of aromatic nitrogens is 3. The predicted molar refractivity (Wildman–Crippen MR) is 44.3 cm³/mol. The number of primary amides is 2. The van der Waals surface area contributed by atoms with Gasteiger partial charge in [-0.25, -0.2) is 24.5 Å². The van der Waals surface area contributed by atoms with Gasteiger partial charge in [0.15, 0.2) is 0 Å². The average molecular weight is 203 g/mol. The molecule has 0 aliphatic carbocycles. The highest BCUT2D eigenvalue weighted by Gasteiger charge is 1.65. The van der Waals surface area contributed by atoms with E-state index < -0.39 is 12.2 Å². The van der Waals surface area contributed by atoms with Crippen molar-refractivity contribution < 1.29 is 19.8 Å². The van der Waals surface area contributed by atoms with Crippen molar-refractivity contribution in [2.75, 3.05) is 0 Å². The van der Waals surface area contributed by atoms with Crippen LogP contribution >= 0.6 is 0 Å². The van der Waals surface area contributed by atoms with Gasteiger partial charge in [0.2, 0.25) is 0 Å². The Kier molecular flexibility index (Phi) is 10.6. The molecule has 0 saturated heterocycles. The molecule has 0 radical (unpaired) electrons. The summed E-state index contributed by atoms with van der Waals surface area (Å²) in [4.78, 5) is 28.2. The highest BCUT2D eigenvalue weighted by atomic mass is 16.4. The molecule has 0 fully saturated rings. The van der Waals surface area contributed by atoms with Gasteiger partial charge in [0, 0.05) is 0 Å². The Bertz CT molecular complexity index is 207. The summed E-state index contributed by atoms with van der Waals surface area (Å²) >= 11 is 0. The van der Waals surface area contributed by atoms with Crippen molar-refractivity contribution in [3.05, 3.63) is 19.0 Å². The van der Waals surface area contributed by atoms with Gasteiger partial charge in [0.1, 0.15) is 19.0 Å². The Labute approximate surface area is 78.4 Å². The number of amides is 2. The smallest absolute Gasteiger partial charge is 0.402 e. The maximum atomic E-state index is 8.78. The SMILES string of the molecule is NC(=O)O.NC(=O)O.c1ncncn1. The first-order valence-electron chi connectivity index (χ1n) is 2.98. The van der Waals surface area contributed by atoms with Gasteiger partial charge in [0.05, 0.1) is 0 Å². The summed E-state index contributed by atoms with van der Waals surface area (Å²) in [5, 5.41) is 14.4. The highest BCUT2D eigenvalue weighted by molar-refractivity contribution is 5.61. The summed E-state index contributed by atoms with van der Waals surface area (Å²) in [6.07, 6.45) is 1.65. The lowest BCUT2D eigenvalue weighted by Crippen LogP contribution is -2.03. The standard InChI is InChI=1S/C3H3N3.2CH3NO2/c1-4-2-6-3-5-1;2*2-1(3)4/h1-3H;2*2H2,(H,3,4). The number of rotatable bonds is 0. The summed E-state index contributed by atoms with van der Waals surface area (Å²) in [7, 11) is 0. The fourth-order valence-electron chi connectivity index (χ4n) is 0.205. The Hall–Kier alpha value is -2.45. The van der Waals surface area contributed by atoms with Crippen molar-refractivity contribution in [2.45, 2.75) is 0 Å². The summed E-state index contributed by atoms with van der Waals surface area (Å²) in [5.41, 5.74) is 8.06. The number of hydrogen-bond acceptors (Lipinski definition) is 5. The van der Waals surface area contributed by atoms with Crippen molar-refractivity contribution in [3.8, 4) is 0 Å². The van der Waals surface area contributed by atoms with E-state index in [-0.39, 0.29) is 0 Å². The van der Waals surface area contributed by atoms with Gasteiger partial charge < -0.3 is 21.7 Å². The van der Waals surface area contributed by atoms with Gasteiger partial charge in [-0.05, 0) is 0 Å². The van der Waals surface area contributed by atoms with E-state index in [1.54, 1.807) is 0 Å². The van der Waals surface area contributed by atoms with Gasteiger partial charge in [-0.2, -0.15) is 0 Å². The molecular weight excluding hydrogens is 194 g/mol. The van der Waals surface area contributed by atoms with Crippen molar-refractivity contribution in [1.29, 1.82) is 0 Å². The quantitative estimate of drug-likeness (QED) is 0.424. The summed E-state index contributed by atoms with van der Waals surface area (Å²) in [5.74, 6) is 0. The van der Waals surface area contributed by atoms with Crippen molar-refractivity contribution in [3.63, 3.8) is 0 Å². The molecule has 0 spiro atoms. The highest BCUT2D eigenvalue weighted by Crippen LogP contribution is 1.57. The molecule has 0 unspecified atom stereocenters. The van der Waals surface area contributed by atoms with Crippen LogP contribution < -0.4 is 11.5 Å². The summed E-state index contributed by atoms with van der Waals surface area (Å²) in [6.45, 7) is 0. The van der Waals surface area contributed by atoms with E-state index in [1.165, 1.54) is 19.0 Å². The molecule has 1 aromatic rings. The number of carboxylic acid groups (broad SMARTS) is 2. The van der Waals surface area contributed by atoms with Crippen LogP contribution in [0.4, 0.5) is 9.59 Å². The zero-order chi connectivity index (χ0) is 11.4. The van der Waals surface area contributed by atoms with E-state index in [4.69, 9.17) is 19.8 Å². The van der Waals surface area contributed by atoms with Crippen LogP contribution in [0.3, 0.4) is 0 Å². The van der Waals surface area contributed by atoms with E-state index in [9.17, 15) is 0 Å². The Morgan fingerprint density at radius 3 is 1.07 bits per heavy atom. The minimum absolute atomic E-state index is 1.33. The third-order valence-corrected chi connectivity index (χ3v) is 0.400. The van der Waals surface area contributed by atoms with Crippen LogP contribution in [0.1, 0.15) is 0 Å². The fraction of sp³-hybridized carbons (Fsp3) is 0. The zero-order valence-electron chi connectivity index (χ0n) is 6.94. The molecule has 6 N–H and O–H groups in total. The lowest BCUT2D eigenvalue weighted by atomic mass is 11.1. The minimum Gasteiger partial charge on any atom is -0.465 e. The third kappa shape index (κ3) is 55.4. The Morgan fingerprint density at radius 2 is 1.00 bits per heavy atom. The van der Waals surface area contributed by atoms with Gasteiger partial charge in [-0.1, -0.05) is 0 Å². The molecule has 0 saturated carbocycles. The predicted octanol–water partition coefficient (Wildman–Crippen LogP) is -0.882. The molecule has 0 bridgehead atoms. The molecule has 1 rings (SSSR count). The second kappa shape index (κ2) is 10.6. The average Bonchev–Trinajstić information content (AvgIpc) is 2.05. The Balaban J connectivity index is 0. The molecule has 0 atom stereocenters. The third-order valence-electron chi connectivity index (χ3n) is 0.400. The summed E-state index contributed by atoms with van der Waals surface area (Å²) in [6, 6.07) is 0. The second-order valence-corrected chi connectivity index (χ2v) is 1.47. The first-order valence-corrected chi connectivity index (χ1v) is 2.98. The molecule has 78 valence electrons. The van der Waals surface area contributed by atoms with Crippen LogP contribution in [0.5, 0.6) is 0 Å². The maximum absolute atomic E-state index is 8.78. The van der Waals surface area contributed by atoms with Crippen molar-refractivity contribution >= 4 is 12.2 Å². The van der Waals surface area contributed by atoms with E-state index in [1.807, 2.05) is 0 Å². The molecule has 1 aromatic heterocycles. The molecule has 0 aliphatic heterocycles. The van der Waals surface area contributed by atoms with Crippen LogP contribution in [-0.4, -0.2) is 37.4 Å². The van der Waals surface area contributed by atoms with Crippen LogP contribution in [0.25, 0.3) is 0 Å². The van der Waals surface area contributed by atoms with Gasteiger partial charge in [-0.3, -0.25) is 0 Å². The molecule has 0 aromatic carbocycles. The zero-order valence-corrected chi connectivity index (χ0v) is 6.94. The monoisotopic (exact) mass is 203 g/mol. The summed E-state index contributed by atoms with van der Waals surface area (Å²) < 4.78 is 0. The fourth-order valence-corrected chi connectivity index (χ4v) is 0.205. The number of nitrogens with two attached hydrogens (primary N) is 2. The first-order chi connectivity index (χ1) is 6.46. The molecule has 14 heavy (non-hydrogen) atoms. The van der Waals surface area contributed by atoms with Crippen LogP contribution in [0.15, 0.2) is 19.0 Å². The number of nitrogens with zero attached hydrogens (tertiary/aromatic N) is 3.